The molecule has 1 aliphatic heterocycles. The van der Waals surface area contributed by atoms with Crippen molar-refractivity contribution >= 4 is 0 Å². The average molecular weight is 265 g/mol. The monoisotopic (exact) mass is 265 g/mol. The fraction of sp³-hybridized carbons (Fsp3) is 0.600. The number of fused-ring (bicyclic) bond motifs is 1. The lowest BCUT2D eigenvalue weighted by atomic mass is 10.0. The summed E-state index contributed by atoms with van der Waals surface area (Å²) in [5.41, 5.74) is 1.24. The highest BCUT2D eigenvalue weighted by atomic mass is 16.6. The van der Waals surface area contributed by atoms with E-state index in [1.807, 2.05) is 20.0 Å². The molecule has 2 rings (SSSR count). The second kappa shape index (κ2) is 7.36. The minimum atomic E-state index is 0.330. The molecular weight excluding hydrogens is 242 g/mol. The van der Waals surface area contributed by atoms with Crippen molar-refractivity contribution in [2.24, 2.45) is 0 Å². The van der Waals surface area contributed by atoms with Gasteiger partial charge in [-0.25, -0.2) is 0 Å². The lowest BCUT2D eigenvalue weighted by Crippen LogP contribution is -2.19. The van der Waals surface area contributed by atoms with E-state index in [0.29, 0.717) is 19.3 Å². The molecule has 0 radical (unpaired) electrons. The van der Waals surface area contributed by atoms with Gasteiger partial charge >= 0.3 is 0 Å². The maximum atomic E-state index is 5.62. The van der Waals surface area contributed by atoms with E-state index in [-0.39, 0.29) is 0 Å². The molecule has 0 amide bonds. The fourth-order valence-corrected chi connectivity index (χ4v) is 2.29. The van der Waals surface area contributed by atoms with Crippen LogP contribution < -0.4 is 14.8 Å². The Bertz CT molecular complexity index is 395. The lowest BCUT2D eigenvalue weighted by molar-refractivity contribution is 0.141. The molecular formula is C15H23NO3. The first-order valence-corrected chi connectivity index (χ1v) is 6.99. The van der Waals surface area contributed by atoms with Gasteiger partial charge < -0.3 is 19.5 Å². The van der Waals surface area contributed by atoms with Crippen molar-refractivity contribution in [3.05, 3.63) is 23.8 Å². The Morgan fingerprint density at radius 3 is 2.79 bits per heavy atom. The van der Waals surface area contributed by atoms with Gasteiger partial charge in [-0.3, -0.25) is 0 Å². The Morgan fingerprint density at radius 2 is 2.05 bits per heavy atom. The van der Waals surface area contributed by atoms with Gasteiger partial charge in [0.15, 0.2) is 11.5 Å². The Kier molecular flexibility index (Phi) is 5.48. The van der Waals surface area contributed by atoms with Crippen molar-refractivity contribution in [3.63, 3.8) is 0 Å². The molecule has 1 unspecified atom stereocenters. The zero-order chi connectivity index (χ0) is 13.5. The van der Waals surface area contributed by atoms with E-state index in [9.17, 15) is 0 Å². The number of nitrogens with one attached hydrogen (secondary N) is 1. The maximum Gasteiger partial charge on any atom is 0.161 e. The van der Waals surface area contributed by atoms with Gasteiger partial charge in [-0.1, -0.05) is 6.07 Å². The number of ether oxygens (including phenoxy) is 3. The minimum Gasteiger partial charge on any atom is -0.486 e. The summed E-state index contributed by atoms with van der Waals surface area (Å²) in [4.78, 5) is 0. The smallest absolute Gasteiger partial charge is 0.161 e. The number of hydrogen-bond donors (Lipinski definition) is 1. The summed E-state index contributed by atoms with van der Waals surface area (Å²) in [7, 11) is 1.99. The van der Waals surface area contributed by atoms with E-state index in [2.05, 4.69) is 17.4 Å². The third kappa shape index (κ3) is 3.85. The predicted molar refractivity (Wildman–Crippen MR) is 75.0 cm³/mol. The van der Waals surface area contributed by atoms with Crippen LogP contribution in [0.25, 0.3) is 0 Å². The van der Waals surface area contributed by atoms with Crippen LogP contribution in [0.15, 0.2) is 18.2 Å². The third-order valence-corrected chi connectivity index (χ3v) is 3.30. The van der Waals surface area contributed by atoms with Crippen molar-refractivity contribution in [2.45, 2.75) is 25.8 Å². The second-order valence-corrected chi connectivity index (χ2v) is 4.58. The zero-order valence-electron chi connectivity index (χ0n) is 11.8. The SMILES string of the molecule is CCOCCCC(NC)c1ccc2c(c1)OCCO2. The number of rotatable bonds is 7. The first-order chi connectivity index (χ1) is 9.35. The summed E-state index contributed by atoms with van der Waals surface area (Å²) in [5.74, 6) is 1.70. The standard InChI is InChI=1S/C15H23NO3/c1-3-17-8-4-5-13(16-2)12-6-7-14-15(11-12)19-10-9-18-14/h6-7,11,13,16H,3-5,8-10H2,1-2H3. The molecule has 1 atom stereocenters. The first kappa shape index (κ1) is 14.2. The highest BCUT2D eigenvalue weighted by Crippen LogP contribution is 2.33. The van der Waals surface area contributed by atoms with Gasteiger partial charge in [0.05, 0.1) is 0 Å². The molecule has 4 heteroatoms. The predicted octanol–water partition coefficient (Wildman–Crippen LogP) is 2.54. The van der Waals surface area contributed by atoms with E-state index >= 15 is 0 Å². The van der Waals surface area contributed by atoms with E-state index in [4.69, 9.17) is 14.2 Å². The van der Waals surface area contributed by atoms with Crippen molar-refractivity contribution in [3.8, 4) is 11.5 Å². The summed E-state index contributed by atoms with van der Waals surface area (Å²) < 4.78 is 16.5. The fourth-order valence-electron chi connectivity index (χ4n) is 2.29. The molecule has 1 aromatic rings. The van der Waals surface area contributed by atoms with Gasteiger partial charge in [0.1, 0.15) is 13.2 Å². The van der Waals surface area contributed by atoms with Crippen LogP contribution in [-0.4, -0.2) is 33.5 Å². The Labute approximate surface area is 115 Å². The van der Waals surface area contributed by atoms with Gasteiger partial charge in [0.2, 0.25) is 0 Å². The van der Waals surface area contributed by atoms with E-state index < -0.39 is 0 Å². The third-order valence-electron chi connectivity index (χ3n) is 3.30. The topological polar surface area (TPSA) is 39.7 Å². The Morgan fingerprint density at radius 1 is 1.26 bits per heavy atom. The number of benzene rings is 1. The van der Waals surface area contributed by atoms with Gasteiger partial charge in [-0.15, -0.1) is 0 Å². The van der Waals surface area contributed by atoms with Crippen LogP contribution in [-0.2, 0) is 4.74 Å². The van der Waals surface area contributed by atoms with E-state index in [1.165, 1.54) is 5.56 Å². The zero-order valence-corrected chi connectivity index (χ0v) is 11.8. The largest absolute Gasteiger partial charge is 0.486 e. The van der Waals surface area contributed by atoms with Crippen LogP contribution >= 0.6 is 0 Å². The molecule has 0 bridgehead atoms. The van der Waals surface area contributed by atoms with Crippen molar-refractivity contribution in [1.29, 1.82) is 0 Å². The van der Waals surface area contributed by atoms with E-state index in [0.717, 1.165) is 37.6 Å². The molecule has 1 aliphatic rings. The minimum absolute atomic E-state index is 0.330. The normalized spacial score (nSPS) is 15.3. The van der Waals surface area contributed by atoms with Crippen LogP contribution in [0.3, 0.4) is 0 Å². The maximum absolute atomic E-state index is 5.62. The average Bonchev–Trinajstić information content (AvgIpc) is 2.47. The molecule has 1 heterocycles. The molecule has 0 aliphatic carbocycles. The molecule has 4 nitrogen and oxygen atoms in total. The number of hydrogen-bond acceptors (Lipinski definition) is 4. The summed E-state index contributed by atoms with van der Waals surface area (Å²) >= 11 is 0. The van der Waals surface area contributed by atoms with Gasteiger partial charge in [0, 0.05) is 19.3 Å². The summed E-state index contributed by atoms with van der Waals surface area (Å²) in [5, 5.41) is 3.35. The molecule has 0 saturated heterocycles. The Hall–Kier alpha value is -1.26. The molecule has 1 N–H and O–H groups in total. The van der Waals surface area contributed by atoms with Crippen LogP contribution in [0.1, 0.15) is 31.4 Å². The molecule has 0 fully saturated rings. The second-order valence-electron chi connectivity index (χ2n) is 4.58. The molecule has 106 valence electrons. The van der Waals surface area contributed by atoms with Gasteiger partial charge in [-0.05, 0) is 44.5 Å². The van der Waals surface area contributed by atoms with Crippen molar-refractivity contribution in [1.82, 2.24) is 5.32 Å². The highest BCUT2D eigenvalue weighted by Gasteiger charge is 2.15. The lowest BCUT2D eigenvalue weighted by Gasteiger charge is -2.22. The molecule has 19 heavy (non-hydrogen) atoms. The first-order valence-electron chi connectivity index (χ1n) is 6.99. The quantitative estimate of drug-likeness (QED) is 0.769. The van der Waals surface area contributed by atoms with Gasteiger partial charge in [-0.2, -0.15) is 0 Å². The van der Waals surface area contributed by atoms with E-state index in [1.54, 1.807) is 0 Å². The van der Waals surface area contributed by atoms with Crippen LogP contribution in [0.5, 0.6) is 11.5 Å². The summed E-state index contributed by atoms with van der Waals surface area (Å²) in [6.45, 7) is 4.89. The summed E-state index contributed by atoms with van der Waals surface area (Å²) in [6.07, 6.45) is 2.10. The molecule has 1 aromatic carbocycles. The van der Waals surface area contributed by atoms with Gasteiger partial charge in [0.25, 0.3) is 0 Å². The van der Waals surface area contributed by atoms with Crippen LogP contribution in [0.4, 0.5) is 0 Å². The Balaban J connectivity index is 1.97. The molecule has 0 spiro atoms. The molecule has 0 aromatic heterocycles. The van der Waals surface area contributed by atoms with Crippen LogP contribution in [0.2, 0.25) is 0 Å². The summed E-state index contributed by atoms with van der Waals surface area (Å²) in [6, 6.07) is 6.51. The van der Waals surface area contributed by atoms with Crippen molar-refractivity contribution < 1.29 is 14.2 Å². The highest BCUT2D eigenvalue weighted by molar-refractivity contribution is 5.44. The van der Waals surface area contributed by atoms with Crippen LogP contribution in [0, 0.1) is 0 Å². The van der Waals surface area contributed by atoms with Crippen molar-refractivity contribution in [2.75, 3.05) is 33.5 Å². The molecule has 0 saturated carbocycles.